The molecular formula is C14H11BrClNO2. The first kappa shape index (κ1) is 12.6. The molecule has 0 aromatic heterocycles. The van der Waals surface area contributed by atoms with Gasteiger partial charge in [0.1, 0.15) is 0 Å². The van der Waals surface area contributed by atoms with Gasteiger partial charge in [0, 0.05) is 21.7 Å². The zero-order valence-corrected chi connectivity index (χ0v) is 12.3. The maximum Gasteiger partial charge on any atom is 0.231 e. The van der Waals surface area contributed by atoms with Crippen LogP contribution in [0.15, 0.2) is 40.9 Å². The number of hydrogen-bond acceptors (Lipinski definition) is 3. The average Bonchev–Trinajstić information content (AvgIpc) is 2.85. The van der Waals surface area contributed by atoms with Crippen LogP contribution >= 0.6 is 27.5 Å². The number of ether oxygens (including phenoxy) is 2. The van der Waals surface area contributed by atoms with Crippen LogP contribution in [0.3, 0.4) is 0 Å². The van der Waals surface area contributed by atoms with Gasteiger partial charge < -0.3 is 14.8 Å². The van der Waals surface area contributed by atoms with E-state index in [0.717, 1.165) is 27.2 Å². The fourth-order valence-electron chi connectivity index (χ4n) is 1.88. The molecule has 1 heterocycles. The second kappa shape index (κ2) is 5.31. The van der Waals surface area contributed by atoms with Crippen LogP contribution in [0.1, 0.15) is 5.56 Å². The highest BCUT2D eigenvalue weighted by Crippen LogP contribution is 2.33. The molecule has 0 spiro atoms. The Balaban J connectivity index is 1.72. The van der Waals surface area contributed by atoms with Crippen molar-refractivity contribution in [1.82, 2.24) is 0 Å². The Morgan fingerprint density at radius 3 is 2.79 bits per heavy atom. The highest BCUT2D eigenvalue weighted by atomic mass is 79.9. The van der Waals surface area contributed by atoms with E-state index in [9.17, 15) is 0 Å². The van der Waals surface area contributed by atoms with E-state index in [0.29, 0.717) is 18.4 Å². The minimum Gasteiger partial charge on any atom is -0.454 e. The number of halogens is 2. The average molecular weight is 341 g/mol. The molecule has 2 aromatic rings. The third-order valence-corrected chi connectivity index (χ3v) is 3.74. The highest BCUT2D eigenvalue weighted by Gasteiger charge is 2.13. The van der Waals surface area contributed by atoms with Gasteiger partial charge in [-0.25, -0.2) is 0 Å². The third-order valence-electron chi connectivity index (χ3n) is 2.85. The van der Waals surface area contributed by atoms with Crippen molar-refractivity contribution in [3.63, 3.8) is 0 Å². The number of anilines is 1. The van der Waals surface area contributed by atoms with Crippen molar-refractivity contribution < 1.29 is 9.47 Å². The van der Waals surface area contributed by atoms with Gasteiger partial charge in [0.25, 0.3) is 0 Å². The summed E-state index contributed by atoms with van der Waals surface area (Å²) in [5.41, 5.74) is 2.13. The summed E-state index contributed by atoms with van der Waals surface area (Å²) in [5.74, 6) is 1.60. The second-order valence-corrected chi connectivity index (χ2v) is 5.46. The van der Waals surface area contributed by atoms with E-state index < -0.39 is 0 Å². The van der Waals surface area contributed by atoms with Crippen LogP contribution in [0.5, 0.6) is 11.5 Å². The standard InChI is InChI=1S/C14H11BrClNO2/c15-11-6-10(16)2-3-12(11)17-7-9-1-4-13-14(5-9)19-8-18-13/h1-6,17H,7-8H2. The summed E-state index contributed by atoms with van der Waals surface area (Å²) in [6.45, 7) is 1.01. The van der Waals surface area contributed by atoms with E-state index in [1.807, 2.05) is 36.4 Å². The SMILES string of the molecule is Clc1ccc(NCc2ccc3c(c2)OCO3)c(Br)c1. The molecule has 0 bridgehead atoms. The lowest BCUT2D eigenvalue weighted by molar-refractivity contribution is 0.174. The Kier molecular flexibility index (Phi) is 3.53. The molecule has 1 N–H and O–H groups in total. The molecule has 0 amide bonds. The van der Waals surface area contributed by atoms with Crippen LogP contribution in [0.4, 0.5) is 5.69 Å². The summed E-state index contributed by atoms with van der Waals surface area (Å²) in [6.07, 6.45) is 0. The maximum absolute atomic E-state index is 5.91. The van der Waals surface area contributed by atoms with Crippen molar-refractivity contribution in [2.45, 2.75) is 6.54 Å². The molecule has 98 valence electrons. The number of hydrogen-bond donors (Lipinski definition) is 1. The van der Waals surface area contributed by atoms with Crippen molar-refractivity contribution >= 4 is 33.2 Å². The zero-order chi connectivity index (χ0) is 13.2. The Labute approximate surface area is 124 Å². The summed E-state index contributed by atoms with van der Waals surface area (Å²) in [4.78, 5) is 0. The van der Waals surface area contributed by atoms with Crippen LogP contribution in [0.2, 0.25) is 5.02 Å². The normalized spacial score (nSPS) is 12.5. The molecule has 0 atom stereocenters. The van der Waals surface area contributed by atoms with Gasteiger partial charge in [-0.1, -0.05) is 17.7 Å². The summed E-state index contributed by atoms with van der Waals surface area (Å²) in [5, 5.41) is 4.05. The Morgan fingerprint density at radius 1 is 1.11 bits per heavy atom. The Bertz CT molecular complexity index is 618. The van der Waals surface area contributed by atoms with Crippen molar-refractivity contribution in [3.05, 3.63) is 51.5 Å². The first-order chi connectivity index (χ1) is 9.22. The lowest BCUT2D eigenvalue weighted by Crippen LogP contribution is -1.99. The minimum atomic E-state index is 0.301. The van der Waals surface area contributed by atoms with Crippen molar-refractivity contribution in [2.75, 3.05) is 12.1 Å². The van der Waals surface area contributed by atoms with Gasteiger partial charge in [-0.15, -0.1) is 0 Å². The Morgan fingerprint density at radius 2 is 1.95 bits per heavy atom. The largest absolute Gasteiger partial charge is 0.454 e. The van der Waals surface area contributed by atoms with Crippen LogP contribution in [0, 0.1) is 0 Å². The topological polar surface area (TPSA) is 30.5 Å². The van der Waals surface area contributed by atoms with Crippen LogP contribution < -0.4 is 14.8 Å². The number of rotatable bonds is 3. The highest BCUT2D eigenvalue weighted by molar-refractivity contribution is 9.10. The second-order valence-electron chi connectivity index (χ2n) is 4.17. The van der Waals surface area contributed by atoms with Crippen LogP contribution in [-0.4, -0.2) is 6.79 Å². The molecule has 5 heteroatoms. The van der Waals surface area contributed by atoms with Gasteiger partial charge in [-0.3, -0.25) is 0 Å². The predicted molar refractivity (Wildman–Crippen MR) is 79.0 cm³/mol. The fourth-order valence-corrected chi connectivity index (χ4v) is 2.70. The Hall–Kier alpha value is -1.39. The van der Waals surface area contributed by atoms with E-state index >= 15 is 0 Å². The summed E-state index contributed by atoms with van der Waals surface area (Å²) in [7, 11) is 0. The molecular weight excluding hydrogens is 330 g/mol. The maximum atomic E-state index is 5.91. The first-order valence-corrected chi connectivity index (χ1v) is 6.97. The van der Waals surface area contributed by atoms with Gasteiger partial charge >= 0.3 is 0 Å². The molecule has 0 radical (unpaired) electrons. The lowest BCUT2D eigenvalue weighted by Gasteiger charge is -2.09. The quantitative estimate of drug-likeness (QED) is 0.896. The number of nitrogens with one attached hydrogen (secondary N) is 1. The monoisotopic (exact) mass is 339 g/mol. The van der Waals surface area contributed by atoms with E-state index in [2.05, 4.69) is 21.2 Å². The number of benzene rings is 2. The molecule has 2 aromatic carbocycles. The number of fused-ring (bicyclic) bond motifs is 1. The van der Waals surface area contributed by atoms with E-state index in [1.165, 1.54) is 0 Å². The molecule has 0 fully saturated rings. The van der Waals surface area contributed by atoms with Gasteiger partial charge in [0.05, 0.1) is 0 Å². The summed E-state index contributed by atoms with van der Waals surface area (Å²) in [6, 6.07) is 11.6. The van der Waals surface area contributed by atoms with Gasteiger partial charge in [-0.2, -0.15) is 0 Å². The molecule has 1 aliphatic rings. The van der Waals surface area contributed by atoms with Gasteiger partial charge in [0.15, 0.2) is 11.5 Å². The van der Waals surface area contributed by atoms with Crippen molar-refractivity contribution in [3.8, 4) is 11.5 Å². The summed E-state index contributed by atoms with van der Waals surface area (Å²) >= 11 is 9.39. The molecule has 19 heavy (non-hydrogen) atoms. The third kappa shape index (κ3) is 2.80. The fraction of sp³-hybridized carbons (Fsp3) is 0.143. The molecule has 0 saturated heterocycles. The van der Waals surface area contributed by atoms with Crippen LogP contribution in [-0.2, 0) is 6.54 Å². The molecule has 0 saturated carbocycles. The smallest absolute Gasteiger partial charge is 0.231 e. The lowest BCUT2D eigenvalue weighted by atomic mass is 10.2. The first-order valence-electron chi connectivity index (χ1n) is 5.80. The van der Waals surface area contributed by atoms with Gasteiger partial charge in [0.2, 0.25) is 6.79 Å². The van der Waals surface area contributed by atoms with Gasteiger partial charge in [-0.05, 0) is 51.8 Å². The van der Waals surface area contributed by atoms with Crippen LogP contribution in [0.25, 0.3) is 0 Å². The van der Waals surface area contributed by atoms with E-state index in [4.69, 9.17) is 21.1 Å². The molecule has 3 rings (SSSR count). The molecule has 0 unspecified atom stereocenters. The molecule has 0 aliphatic carbocycles. The predicted octanol–water partition coefficient (Wildman–Crippen LogP) is 4.44. The van der Waals surface area contributed by atoms with E-state index in [1.54, 1.807) is 0 Å². The summed E-state index contributed by atoms with van der Waals surface area (Å²) < 4.78 is 11.6. The molecule has 1 aliphatic heterocycles. The van der Waals surface area contributed by atoms with Crippen molar-refractivity contribution in [1.29, 1.82) is 0 Å². The molecule has 3 nitrogen and oxygen atoms in total. The minimum absolute atomic E-state index is 0.301. The van der Waals surface area contributed by atoms with Crippen molar-refractivity contribution in [2.24, 2.45) is 0 Å². The zero-order valence-electron chi connectivity index (χ0n) is 9.95. The van der Waals surface area contributed by atoms with E-state index in [-0.39, 0.29) is 0 Å².